The molecule has 5 heteroatoms. The molecule has 1 aromatic carbocycles. The first kappa shape index (κ1) is 25.8. The SMILES string of the molecule is CC(C)OC(OC(C)C)C(C)(C)C(=O)[C@@H](C)[C@H](O)[C@@H](C)COCc1ccccc1. The molecule has 0 bridgehead atoms. The molecular formula is C24H40O5. The van der Waals surface area contributed by atoms with E-state index in [1.165, 1.54) is 0 Å². The van der Waals surface area contributed by atoms with E-state index in [2.05, 4.69) is 0 Å². The summed E-state index contributed by atoms with van der Waals surface area (Å²) in [5, 5.41) is 10.8. The van der Waals surface area contributed by atoms with Crippen LogP contribution in [-0.4, -0.2) is 42.1 Å². The maximum atomic E-state index is 13.2. The van der Waals surface area contributed by atoms with E-state index in [1.54, 1.807) is 6.92 Å². The van der Waals surface area contributed by atoms with Crippen LogP contribution in [0.5, 0.6) is 0 Å². The topological polar surface area (TPSA) is 65.0 Å². The lowest BCUT2D eigenvalue weighted by atomic mass is 9.77. The highest BCUT2D eigenvalue weighted by Crippen LogP contribution is 2.33. The van der Waals surface area contributed by atoms with Gasteiger partial charge in [-0.15, -0.1) is 0 Å². The van der Waals surface area contributed by atoms with Crippen molar-refractivity contribution in [1.82, 2.24) is 0 Å². The Morgan fingerprint density at radius 2 is 1.48 bits per heavy atom. The summed E-state index contributed by atoms with van der Waals surface area (Å²) in [6, 6.07) is 9.90. The van der Waals surface area contributed by atoms with Crippen LogP contribution < -0.4 is 0 Å². The maximum absolute atomic E-state index is 13.2. The predicted octanol–water partition coefficient (Wildman–Crippen LogP) is 4.61. The zero-order chi connectivity index (χ0) is 22.2. The number of aliphatic hydroxyl groups excluding tert-OH is 1. The first-order chi connectivity index (χ1) is 13.5. The third-order valence-electron chi connectivity index (χ3n) is 5.02. The van der Waals surface area contributed by atoms with E-state index >= 15 is 0 Å². The molecule has 0 heterocycles. The Labute approximate surface area is 176 Å². The molecule has 0 aliphatic carbocycles. The van der Waals surface area contributed by atoms with Gasteiger partial charge in [0.1, 0.15) is 5.78 Å². The van der Waals surface area contributed by atoms with Crippen molar-refractivity contribution in [2.45, 2.75) is 86.6 Å². The van der Waals surface area contributed by atoms with Crippen molar-refractivity contribution in [3.05, 3.63) is 35.9 Å². The number of rotatable bonds is 13. The highest BCUT2D eigenvalue weighted by molar-refractivity contribution is 5.87. The molecule has 166 valence electrons. The second-order valence-corrected chi connectivity index (χ2v) is 9.04. The first-order valence-corrected chi connectivity index (χ1v) is 10.6. The Balaban J connectivity index is 2.71. The van der Waals surface area contributed by atoms with Gasteiger partial charge in [-0.2, -0.15) is 0 Å². The highest BCUT2D eigenvalue weighted by Gasteiger charge is 2.44. The Morgan fingerprint density at radius 3 is 1.97 bits per heavy atom. The second-order valence-electron chi connectivity index (χ2n) is 9.04. The fourth-order valence-corrected chi connectivity index (χ4v) is 3.25. The van der Waals surface area contributed by atoms with Gasteiger partial charge in [-0.25, -0.2) is 0 Å². The van der Waals surface area contributed by atoms with Gasteiger partial charge < -0.3 is 19.3 Å². The molecule has 1 aromatic rings. The van der Waals surface area contributed by atoms with E-state index in [0.29, 0.717) is 13.2 Å². The van der Waals surface area contributed by atoms with E-state index in [4.69, 9.17) is 14.2 Å². The number of benzene rings is 1. The number of carbonyl (C=O) groups is 1. The van der Waals surface area contributed by atoms with E-state index in [9.17, 15) is 9.90 Å². The molecule has 0 aromatic heterocycles. The Bertz CT molecular complexity index is 587. The Kier molecular flexibility index (Phi) is 10.5. The van der Waals surface area contributed by atoms with Crippen molar-refractivity contribution in [3.8, 4) is 0 Å². The van der Waals surface area contributed by atoms with E-state index in [-0.39, 0.29) is 23.9 Å². The molecule has 3 atom stereocenters. The van der Waals surface area contributed by atoms with Crippen LogP contribution in [0.3, 0.4) is 0 Å². The van der Waals surface area contributed by atoms with Crippen LogP contribution in [0.25, 0.3) is 0 Å². The van der Waals surface area contributed by atoms with Crippen molar-refractivity contribution in [2.24, 2.45) is 17.3 Å². The zero-order valence-corrected chi connectivity index (χ0v) is 19.3. The van der Waals surface area contributed by atoms with Crippen LogP contribution in [-0.2, 0) is 25.6 Å². The summed E-state index contributed by atoms with van der Waals surface area (Å²) in [6.45, 7) is 15.9. The Morgan fingerprint density at radius 1 is 0.966 bits per heavy atom. The summed E-state index contributed by atoms with van der Waals surface area (Å²) in [4.78, 5) is 13.2. The molecule has 0 fully saturated rings. The van der Waals surface area contributed by atoms with Crippen molar-refractivity contribution >= 4 is 5.78 Å². The highest BCUT2D eigenvalue weighted by atomic mass is 16.7. The molecule has 0 aliphatic heterocycles. The number of Topliss-reactive ketones (excluding diaryl/α,β-unsaturated/α-hetero) is 1. The van der Waals surface area contributed by atoms with Gasteiger partial charge in [-0.1, -0.05) is 44.2 Å². The van der Waals surface area contributed by atoms with Gasteiger partial charge in [-0.3, -0.25) is 4.79 Å². The van der Waals surface area contributed by atoms with Gasteiger partial charge in [0.15, 0.2) is 6.29 Å². The number of hydrogen-bond acceptors (Lipinski definition) is 5. The van der Waals surface area contributed by atoms with Gasteiger partial charge in [-0.05, 0) is 47.1 Å². The summed E-state index contributed by atoms with van der Waals surface area (Å²) >= 11 is 0. The minimum Gasteiger partial charge on any atom is -0.392 e. The summed E-state index contributed by atoms with van der Waals surface area (Å²) in [7, 11) is 0. The lowest BCUT2D eigenvalue weighted by Gasteiger charge is -2.38. The number of ether oxygens (including phenoxy) is 3. The first-order valence-electron chi connectivity index (χ1n) is 10.6. The molecule has 0 saturated heterocycles. The van der Waals surface area contributed by atoms with Crippen molar-refractivity contribution in [3.63, 3.8) is 0 Å². The fourth-order valence-electron chi connectivity index (χ4n) is 3.25. The van der Waals surface area contributed by atoms with Gasteiger partial charge in [0.25, 0.3) is 0 Å². The van der Waals surface area contributed by atoms with Crippen LogP contribution in [0.4, 0.5) is 0 Å². The largest absolute Gasteiger partial charge is 0.392 e. The normalized spacial score (nSPS) is 15.7. The van der Waals surface area contributed by atoms with Crippen LogP contribution in [0.15, 0.2) is 30.3 Å². The van der Waals surface area contributed by atoms with Gasteiger partial charge in [0.2, 0.25) is 0 Å². The third kappa shape index (κ3) is 8.17. The molecule has 0 saturated carbocycles. The Hall–Kier alpha value is -1.27. The molecule has 29 heavy (non-hydrogen) atoms. The average Bonchev–Trinajstić information content (AvgIpc) is 2.65. The summed E-state index contributed by atoms with van der Waals surface area (Å²) in [6.07, 6.45) is -1.63. The zero-order valence-electron chi connectivity index (χ0n) is 19.3. The monoisotopic (exact) mass is 408 g/mol. The van der Waals surface area contributed by atoms with Crippen molar-refractivity contribution in [1.29, 1.82) is 0 Å². The van der Waals surface area contributed by atoms with Crippen LogP contribution >= 0.6 is 0 Å². The fraction of sp³-hybridized carbons (Fsp3) is 0.708. The molecule has 1 rings (SSSR count). The van der Waals surface area contributed by atoms with Crippen LogP contribution in [0, 0.1) is 17.3 Å². The smallest absolute Gasteiger partial charge is 0.170 e. The number of ketones is 1. The average molecular weight is 409 g/mol. The molecule has 1 N–H and O–H groups in total. The van der Waals surface area contributed by atoms with Crippen molar-refractivity contribution in [2.75, 3.05) is 6.61 Å². The van der Waals surface area contributed by atoms with E-state index in [1.807, 2.05) is 78.8 Å². The molecule has 0 unspecified atom stereocenters. The number of hydrogen-bond donors (Lipinski definition) is 1. The van der Waals surface area contributed by atoms with Gasteiger partial charge in [0, 0.05) is 11.8 Å². The van der Waals surface area contributed by atoms with E-state index in [0.717, 1.165) is 5.56 Å². The molecule has 0 aliphatic rings. The van der Waals surface area contributed by atoms with Gasteiger partial charge in [0.05, 0.1) is 36.9 Å². The minimum absolute atomic E-state index is 0.0728. The lowest BCUT2D eigenvalue weighted by molar-refractivity contribution is -0.229. The standard InChI is InChI=1S/C24H40O5/c1-16(2)28-23(29-17(3)4)24(7,8)22(26)19(6)21(25)18(5)14-27-15-20-12-10-9-11-13-20/h9-13,16-19,21,23,25H,14-15H2,1-8H3/t18-,19-,21+/m0/s1. The lowest BCUT2D eigenvalue weighted by Crippen LogP contribution is -2.48. The molecule has 0 radical (unpaired) electrons. The van der Waals surface area contributed by atoms with Crippen LogP contribution in [0.1, 0.15) is 61.0 Å². The van der Waals surface area contributed by atoms with Gasteiger partial charge >= 0.3 is 0 Å². The number of aliphatic hydroxyl groups is 1. The third-order valence-corrected chi connectivity index (χ3v) is 5.02. The predicted molar refractivity (Wildman–Crippen MR) is 115 cm³/mol. The van der Waals surface area contributed by atoms with Crippen LogP contribution in [0.2, 0.25) is 0 Å². The molecular weight excluding hydrogens is 368 g/mol. The molecule has 5 nitrogen and oxygen atoms in total. The molecule has 0 spiro atoms. The summed E-state index contributed by atoms with van der Waals surface area (Å²) < 4.78 is 17.6. The minimum atomic E-state index is -0.889. The maximum Gasteiger partial charge on any atom is 0.170 e. The second kappa shape index (κ2) is 11.8. The number of carbonyl (C=O) groups excluding carboxylic acids is 1. The van der Waals surface area contributed by atoms with Crippen molar-refractivity contribution < 1.29 is 24.1 Å². The van der Waals surface area contributed by atoms with E-state index < -0.39 is 23.7 Å². The summed E-state index contributed by atoms with van der Waals surface area (Å²) in [5.74, 6) is -0.815. The molecule has 0 amide bonds. The summed E-state index contributed by atoms with van der Waals surface area (Å²) in [5.41, 5.74) is 0.193. The quantitative estimate of drug-likeness (QED) is 0.483.